The van der Waals surface area contributed by atoms with Gasteiger partial charge < -0.3 is 19.7 Å². The predicted octanol–water partition coefficient (Wildman–Crippen LogP) is 2.65. The van der Waals surface area contributed by atoms with Gasteiger partial charge in [0.15, 0.2) is 11.5 Å². The van der Waals surface area contributed by atoms with E-state index in [0.29, 0.717) is 22.2 Å². The molecule has 1 heterocycles. The zero-order valence-electron chi connectivity index (χ0n) is 10.0. The topological polar surface area (TPSA) is 84.6 Å². The number of halogens is 1. The minimum Gasteiger partial charge on any atom is -0.497 e. The van der Waals surface area contributed by atoms with E-state index in [1.54, 1.807) is 25.3 Å². The Hall–Kier alpha value is -2.21. The van der Waals surface area contributed by atoms with Gasteiger partial charge in [-0.2, -0.15) is 0 Å². The van der Waals surface area contributed by atoms with E-state index in [-0.39, 0.29) is 12.2 Å². The number of aromatic carboxylic acids is 1. The maximum atomic E-state index is 10.6. The van der Waals surface area contributed by atoms with Crippen molar-refractivity contribution in [2.75, 3.05) is 12.4 Å². The van der Waals surface area contributed by atoms with Gasteiger partial charge in [0.1, 0.15) is 5.75 Å². The molecule has 0 aliphatic heterocycles. The zero-order chi connectivity index (χ0) is 13.8. The van der Waals surface area contributed by atoms with Gasteiger partial charge in [-0.1, -0.05) is 16.8 Å². The third-order valence-electron chi connectivity index (χ3n) is 2.40. The number of ether oxygens (including phenoxy) is 1. The van der Waals surface area contributed by atoms with Gasteiger partial charge in [-0.15, -0.1) is 0 Å². The van der Waals surface area contributed by atoms with Crippen LogP contribution in [-0.4, -0.2) is 23.3 Å². The average Bonchev–Trinajstić information content (AvgIpc) is 2.87. The highest BCUT2D eigenvalue weighted by Gasteiger charge is 2.11. The maximum absolute atomic E-state index is 10.6. The summed E-state index contributed by atoms with van der Waals surface area (Å²) in [5.74, 6) is -0.0682. The lowest BCUT2D eigenvalue weighted by atomic mass is 10.3. The molecule has 100 valence electrons. The van der Waals surface area contributed by atoms with Crippen LogP contribution in [0.4, 0.5) is 5.69 Å². The molecule has 0 saturated carbocycles. The van der Waals surface area contributed by atoms with Crippen molar-refractivity contribution in [3.8, 4) is 5.75 Å². The third kappa shape index (κ3) is 3.17. The molecule has 0 radical (unpaired) electrons. The van der Waals surface area contributed by atoms with Crippen LogP contribution >= 0.6 is 11.6 Å². The van der Waals surface area contributed by atoms with E-state index in [1.807, 2.05) is 0 Å². The van der Waals surface area contributed by atoms with Gasteiger partial charge in [0, 0.05) is 12.1 Å². The Balaban J connectivity index is 2.07. The summed E-state index contributed by atoms with van der Waals surface area (Å²) in [5, 5.41) is 15.7. The summed E-state index contributed by atoms with van der Waals surface area (Å²) in [5.41, 5.74) is 0.530. The van der Waals surface area contributed by atoms with Crippen molar-refractivity contribution >= 4 is 23.3 Å². The fraction of sp³-hybridized carbons (Fsp3) is 0.167. The van der Waals surface area contributed by atoms with E-state index < -0.39 is 5.97 Å². The number of hydrogen-bond donors (Lipinski definition) is 2. The number of aromatic nitrogens is 1. The number of hydrogen-bond acceptors (Lipinski definition) is 5. The molecule has 0 spiro atoms. The largest absolute Gasteiger partial charge is 0.497 e. The standard InChI is InChI=1S/C12H11ClN2O4/c1-18-7-2-3-9(13)10(4-7)14-6-8-5-11(12(16)17)15-19-8/h2-5,14H,6H2,1H3,(H,16,17). The first-order chi connectivity index (χ1) is 9.10. The fourth-order valence-corrected chi connectivity index (χ4v) is 1.63. The summed E-state index contributed by atoms with van der Waals surface area (Å²) >= 11 is 6.02. The summed E-state index contributed by atoms with van der Waals surface area (Å²) in [6.45, 7) is 0.271. The van der Waals surface area contributed by atoms with Crippen LogP contribution in [0.15, 0.2) is 28.8 Å². The number of carbonyl (C=O) groups is 1. The molecule has 0 atom stereocenters. The molecular formula is C12H11ClN2O4. The van der Waals surface area contributed by atoms with Crippen molar-refractivity contribution < 1.29 is 19.2 Å². The highest BCUT2D eigenvalue weighted by molar-refractivity contribution is 6.33. The summed E-state index contributed by atoms with van der Waals surface area (Å²) in [7, 11) is 1.56. The number of carboxylic acids is 1. The highest BCUT2D eigenvalue weighted by atomic mass is 35.5. The number of nitrogens with zero attached hydrogens (tertiary/aromatic N) is 1. The molecule has 0 aliphatic rings. The molecule has 19 heavy (non-hydrogen) atoms. The van der Waals surface area contributed by atoms with Crippen molar-refractivity contribution in [2.45, 2.75) is 6.54 Å². The summed E-state index contributed by atoms with van der Waals surface area (Å²) < 4.78 is 9.96. The molecule has 0 aliphatic carbocycles. The molecule has 2 N–H and O–H groups in total. The van der Waals surface area contributed by atoms with Crippen molar-refractivity contribution in [1.82, 2.24) is 5.16 Å². The lowest BCUT2D eigenvalue weighted by Gasteiger charge is -2.08. The number of carboxylic acid groups (broad SMARTS) is 1. The van der Waals surface area contributed by atoms with Crippen LogP contribution in [0.3, 0.4) is 0 Å². The van der Waals surface area contributed by atoms with Crippen molar-refractivity contribution in [1.29, 1.82) is 0 Å². The molecule has 1 aromatic heterocycles. The Morgan fingerprint density at radius 2 is 2.32 bits per heavy atom. The smallest absolute Gasteiger partial charge is 0.358 e. The van der Waals surface area contributed by atoms with Gasteiger partial charge in [-0.25, -0.2) is 4.79 Å². The van der Waals surface area contributed by atoms with Gasteiger partial charge in [0.2, 0.25) is 0 Å². The molecular weight excluding hydrogens is 272 g/mol. The van der Waals surface area contributed by atoms with Crippen molar-refractivity contribution in [3.05, 3.63) is 40.7 Å². The van der Waals surface area contributed by atoms with E-state index in [1.165, 1.54) is 6.07 Å². The molecule has 0 bridgehead atoms. The first kappa shape index (κ1) is 13.2. The lowest BCUT2D eigenvalue weighted by Crippen LogP contribution is -1.99. The molecule has 2 aromatic rings. The average molecular weight is 283 g/mol. The quantitative estimate of drug-likeness (QED) is 0.877. The van der Waals surface area contributed by atoms with Gasteiger partial charge >= 0.3 is 5.97 Å². The van der Waals surface area contributed by atoms with Gasteiger partial charge in [0.25, 0.3) is 0 Å². The van der Waals surface area contributed by atoms with E-state index in [2.05, 4.69) is 10.5 Å². The molecule has 0 saturated heterocycles. The summed E-state index contributed by atoms with van der Waals surface area (Å²) in [6.07, 6.45) is 0. The second-order valence-electron chi connectivity index (χ2n) is 3.68. The zero-order valence-corrected chi connectivity index (χ0v) is 10.8. The van der Waals surface area contributed by atoms with E-state index >= 15 is 0 Å². The molecule has 7 heteroatoms. The van der Waals surface area contributed by atoms with Crippen LogP contribution < -0.4 is 10.1 Å². The first-order valence-corrected chi connectivity index (χ1v) is 5.74. The SMILES string of the molecule is COc1ccc(Cl)c(NCc2cc(C(=O)O)no2)c1. The first-order valence-electron chi connectivity index (χ1n) is 5.36. The predicted molar refractivity (Wildman–Crippen MR) is 68.8 cm³/mol. The normalized spacial score (nSPS) is 10.2. The monoisotopic (exact) mass is 282 g/mol. The number of rotatable bonds is 5. The number of nitrogens with one attached hydrogen (secondary N) is 1. The van der Waals surface area contributed by atoms with Crippen LogP contribution in [-0.2, 0) is 6.54 Å². The molecule has 6 nitrogen and oxygen atoms in total. The Morgan fingerprint density at radius 1 is 1.53 bits per heavy atom. The second kappa shape index (κ2) is 5.62. The van der Waals surface area contributed by atoms with Gasteiger partial charge in [0.05, 0.1) is 24.4 Å². The molecule has 1 aromatic carbocycles. The van der Waals surface area contributed by atoms with Crippen LogP contribution in [0.2, 0.25) is 5.02 Å². The Kier molecular flexibility index (Phi) is 3.91. The van der Waals surface area contributed by atoms with Gasteiger partial charge in [-0.3, -0.25) is 0 Å². The Morgan fingerprint density at radius 3 is 2.95 bits per heavy atom. The van der Waals surface area contributed by atoms with Crippen LogP contribution in [0.5, 0.6) is 5.75 Å². The van der Waals surface area contributed by atoms with Gasteiger partial charge in [-0.05, 0) is 12.1 Å². The van der Waals surface area contributed by atoms with E-state index in [4.69, 9.17) is 26.0 Å². The Labute approximate surface area is 113 Å². The molecule has 2 rings (SSSR count). The highest BCUT2D eigenvalue weighted by Crippen LogP contribution is 2.27. The van der Waals surface area contributed by atoms with Crippen molar-refractivity contribution in [3.63, 3.8) is 0 Å². The molecule has 0 amide bonds. The van der Waals surface area contributed by atoms with E-state index in [0.717, 1.165) is 0 Å². The minimum absolute atomic E-state index is 0.131. The van der Waals surface area contributed by atoms with E-state index in [9.17, 15) is 4.79 Å². The maximum Gasteiger partial charge on any atom is 0.358 e. The van der Waals surface area contributed by atoms with Crippen LogP contribution in [0.1, 0.15) is 16.2 Å². The number of methoxy groups -OCH3 is 1. The molecule has 0 fully saturated rings. The summed E-state index contributed by atoms with van der Waals surface area (Å²) in [4.78, 5) is 10.6. The lowest BCUT2D eigenvalue weighted by molar-refractivity contribution is 0.0685. The number of anilines is 1. The summed E-state index contributed by atoms with van der Waals surface area (Å²) in [6, 6.07) is 6.52. The molecule has 0 unspecified atom stereocenters. The van der Waals surface area contributed by atoms with Crippen molar-refractivity contribution in [2.24, 2.45) is 0 Å². The minimum atomic E-state index is -1.13. The third-order valence-corrected chi connectivity index (χ3v) is 2.73. The van der Waals surface area contributed by atoms with Crippen LogP contribution in [0.25, 0.3) is 0 Å². The van der Waals surface area contributed by atoms with Crippen LogP contribution in [0, 0.1) is 0 Å². The second-order valence-corrected chi connectivity index (χ2v) is 4.09. The Bertz CT molecular complexity index is 597. The number of benzene rings is 1. The fourth-order valence-electron chi connectivity index (χ4n) is 1.45.